The van der Waals surface area contributed by atoms with Crippen molar-refractivity contribution in [3.8, 4) is 33.6 Å². The molecule has 0 aliphatic carbocycles. The molecule has 0 atom stereocenters. The average Bonchev–Trinajstić information content (AvgIpc) is 3.85. The molecular formula is C48H30N2O. The molecule has 3 nitrogen and oxygen atoms in total. The Hall–Kier alpha value is -6.84. The zero-order chi connectivity index (χ0) is 33.5. The molecule has 0 unspecified atom stereocenters. The van der Waals surface area contributed by atoms with E-state index in [-0.39, 0.29) is 0 Å². The van der Waals surface area contributed by atoms with Gasteiger partial charge in [-0.15, -0.1) is 0 Å². The van der Waals surface area contributed by atoms with E-state index in [2.05, 4.69) is 191 Å². The number of para-hydroxylation sites is 2. The Kier molecular flexibility index (Phi) is 5.96. The van der Waals surface area contributed by atoms with Gasteiger partial charge in [0.25, 0.3) is 0 Å². The van der Waals surface area contributed by atoms with E-state index in [9.17, 15) is 0 Å². The van der Waals surface area contributed by atoms with Crippen molar-refractivity contribution in [1.29, 1.82) is 0 Å². The summed E-state index contributed by atoms with van der Waals surface area (Å²) in [7, 11) is 0. The molecular weight excluding hydrogens is 621 g/mol. The van der Waals surface area contributed by atoms with Gasteiger partial charge in [0.05, 0.1) is 22.1 Å². The fourth-order valence-electron chi connectivity index (χ4n) is 8.15. The van der Waals surface area contributed by atoms with Gasteiger partial charge in [0, 0.05) is 43.7 Å². The lowest BCUT2D eigenvalue weighted by molar-refractivity contribution is 0.669. The van der Waals surface area contributed by atoms with Crippen molar-refractivity contribution in [2.24, 2.45) is 0 Å². The Bertz CT molecular complexity index is 2980. The van der Waals surface area contributed by atoms with Gasteiger partial charge in [-0.1, -0.05) is 109 Å². The molecule has 0 bridgehead atoms. The maximum atomic E-state index is 6.46. The van der Waals surface area contributed by atoms with E-state index >= 15 is 0 Å². The van der Waals surface area contributed by atoms with Gasteiger partial charge in [0.2, 0.25) is 0 Å². The first-order valence-electron chi connectivity index (χ1n) is 17.4. The average molecular weight is 651 g/mol. The molecule has 0 radical (unpaired) electrons. The molecule has 238 valence electrons. The molecule has 0 saturated heterocycles. The van der Waals surface area contributed by atoms with Gasteiger partial charge in [-0.2, -0.15) is 0 Å². The molecule has 0 fully saturated rings. The Morgan fingerprint density at radius 2 is 0.686 bits per heavy atom. The number of benzene rings is 8. The number of aromatic nitrogens is 2. The number of rotatable bonds is 4. The second-order valence-electron chi connectivity index (χ2n) is 13.4. The van der Waals surface area contributed by atoms with Crippen LogP contribution in [0, 0.1) is 0 Å². The van der Waals surface area contributed by atoms with Crippen LogP contribution in [-0.4, -0.2) is 9.13 Å². The zero-order valence-electron chi connectivity index (χ0n) is 27.6. The van der Waals surface area contributed by atoms with Crippen LogP contribution in [0.4, 0.5) is 0 Å². The smallest absolute Gasteiger partial charge is 0.135 e. The summed E-state index contributed by atoms with van der Waals surface area (Å²) in [4.78, 5) is 0. The molecule has 0 saturated carbocycles. The molecule has 11 rings (SSSR count). The largest absolute Gasteiger partial charge is 0.456 e. The maximum absolute atomic E-state index is 6.46. The van der Waals surface area contributed by atoms with Gasteiger partial charge in [0.15, 0.2) is 0 Å². The third-order valence-corrected chi connectivity index (χ3v) is 10.5. The van der Waals surface area contributed by atoms with Crippen LogP contribution < -0.4 is 0 Å². The summed E-state index contributed by atoms with van der Waals surface area (Å²) < 4.78 is 11.2. The number of furan rings is 1. The summed E-state index contributed by atoms with van der Waals surface area (Å²) in [5.74, 6) is 0. The monoisotopic (exact) mass is 650 g/mol. The minimum atomic E-state index is 0.881. The van der Waals surface area contributed by atoms with Crippen molar-refractivity contribution in [2.45, 2.75) is 0 Å². The van der Waals surface area contributed by atoms with E-state index in [1.807, 2.05) is 0 Å². The van der Waals surface area contributed by atoms with Crippen LogP contribution in [-0.2, 0) is 0 Å². The molecule has 0 aliphatic rings. The van der Waals surface area contributed by atoms with Crippen molar-refractivity contribution in [1.82, 2.24) is 9.13 Å². The quantitative estimate of drug-likeness (QED) is 0.186. The van der Waals surface area contributed by atoms with E-state index in [0.29, 0.717) is 0 Å². The van der Waals surface area contributed by atoms with Crippen molar-refractivity contribution in [2.75, 3.05) is 0 Å². The van der Waals surface area contributed by atoms with E-state index < -0.39 is 0 Å². The first kappa shape index (κ1) is 28.0. The normalized spacial score (nSPS) is 11.9. The highest BCUT2D eigenvalue weighted by Crippen LogP contribution is 2.40. The third kappa shape index (κ3) is 4.25. The van der Waals surface area contributed by atoms with E-state index in [1.54, 1.807) is 0 Å². The van der Waals surface area contributed by atoms with Crippen LogP contribution in [0.1, 0.15) is 0 Å². The fraction of sp³-hybridized carbons (Fsp3) is 0. The second-order valence-corrected chi connectivity index (χ2v) is 13.4. The van der Waals surface area contributed by atoms with Gasteiger partial charge in [-0.05, 0) is 95.1 Å². The molecule has 3 heterocycles. The van der Waals surface area contributed by atoms with Crippen LogP contribution in [0.15, 0.2) is 186 Å². The van der Waals surface area contributed by atoms with E-state index in [1.165, 1.54) is 65.9 Å². The molecule has 0 aliphatic heterocycles. The van der Waals surface area contributed by atoms with Gasteiger partial charge in [-0.25, -0.2) is 0 Å². The summed E-state index contributed by atoms with van der Waals surface area (Å²) in [6, 6.07) is 65.5. The van der Waals surface area contributed by atoms with Gasteiger partial charge >= 0.3 is 0 Å². The minimum absolute atomic E-state index is 0.881. The summed E-state index contributed by atoms with van der Waals surface area (Å²) >= 11 is 0. The van der Waals surface area contributed by atoms with Crippen molar-refractivity contribution in [3.05, 3.63) is 182 Å². The number of hydrogen-bond donors (Lipinski definition) is 0. The third-order valence-electron chi connectivity index (χ3n) is 10.5. The molecule has 11 aromatic rings. The summed E-state index contributed by atoms with van der Waals surface area (Å²) in [5, 5.41) is 7.17. The lowest BCUT2D eigenvalue weighted by Crippen LogP contribution is -1.94. The highest BCUT2D eigenvalue weighted by molar-refractivity contribution is 6.13. The molecule has 0 amide bonds. The van der Waals surface area contributed by atoms with Crippen molar-refractivity contribution < 1.29 is 4.42 Å². The van der Waals surface area contributed by atoms with Gasteiger partial charge in [0.1, 0.15) is 11.2 Å². The summed E-state index contributed by atoms with van der Waals surface area (Å²) in [5.41, 5.74) is 13.6. The predicted molar refractivity (Wildman–Crippen MR) is 213 cm³/mol. The van der Waals surface area contributed by atoms with Crippen LogP contribution >= 0.6 is 0 Å². The SMILES string of the molecule is c1ccc(-c2ccc3c(c2)c2cc(-c4ccccc4)ccc2n3-c2ccc3oc4ccc(-n5c6ccccc6c6ccccc65)cc4c3c2)cc1. The van der Waals surface area contributed by atoms with Crippen LogP contribution in [0.2, 0.25) is 0 Å². The summed E-state index contributed by atoms with van der Waals surface area (Å²) in [6.45, 7) is 0. The van der Waals surface area contributed by atoms with E-state index in [4.69, 9.17) is 4.42 Å². The molecule has 3 aromatic heterocycles. The Labute approximate surface area is 293 Å². The lowest BCUT2D eigenvalue weighted by atomic mass is 10.0. The van der Waals surface area contributed by atoms with Crippen LogP contribution in [0.5, 0.6) is 0 Å². The van der Waals surface area contributed by atoms with Crippen molar-refractivity contribution >= 4 is 65.6 Å². The number of hydrogen-bond acceptors (Lipinski definition) is 1. The minimum Gasteiger partial charge on any atom is -0.456 e. The second kappa shape index (κ2) is 10.8. The van der Waals surface area contributed by atoms with E-state index in [0.717, 1.165) is 33.3 Å². The Morgan fingerprint density at radius 1 is 0.275 bits per heavy atom. The first-order chi connectivity index (χ1) is 25.3. The lowest BCUT2D eigenvalue weighted by Gasteiger charge is -2.10. The highest BCUT2D eigenvalue weighted by atomic mass is 16.3. The highest BCUT2D eigenvalue weighted by Gasteiger charge is 2.18. The van der Waals surface area contributed by atoms with Crippen LogP contribution in [0.3, 0.4) is 0 Å². The fourth-order valence-corrected chi connectivity index (χ4v) is 8.15. The predicted octanol–water partition coefficient (Wildman–Crippen LogP) is 13.1. The van der Waals surface area contributed by atoms with Crippen LogP contribution in [0.25, 0.3) is 99.2 Å². The summed E-state index contributed by atoms with van der Waals surface area (Å²) in [6.07, 6.45) is 0. The molecule has 0 spiro atoms. The first-order valence-corrected chi connectivity index (χ1v) is 17.4. The Morgan fingerprint density at radius 3 is 1.16 bits per heavy atom. The van der Waals surface area contributed by atoms with Crippen molar-refractivity contribution in [3.63, 3.8) is 0 Å². The van der Waals surface area contributed by atoms with Gasteiger partial charge < -0.3 is 13.6 Å². The number of fused-ring (bicyclic) bond motifs is 9. The standard InChI is InChI=1S/C48H30N2O/c1-3-11-31(12-4-1)33-19-23-45-39(27-33)40-28-34(32-13-5-2-6-14-32)20-24-46(40)50(45)36-22-26-48-42(30-36)41-29-35(21-25-47(41)51-48)49-43-17-9-7-15-37(43)38-16-8-10-18-44(38)49/h1-30H. The van der Waals surface area contributed by atoms with Gasteiger partial charge in [-0.3, -0.25) is 0 Å². The molecule has 0 N–H and O–H groups in total. The topological polar surface area (TPSA) is 23.0 Å². The number of nitrogens with zero attached hydrogens (tertiary/aromatic N) is 2. The molecule has 3 heteroatoms. The molecule has 51 heavy (non-hydrogen) atoms. The maximum Gasteiger partial charge on any atom is 0.135 e. The molecule has 8 aromatic carbocycles. The zero-order valence-corrected chi connectivity index (χ0v) is 27.6. The Balaban J connectivity index is 1.14.